The molecule has 0 radical (unpaired) electrons. The van der Waals surface area contributed by atoms with Crippen LogP contribution >= 0.6 is 0 Å². The summed E-state index contributed by atoms with van der Waals surface area (Å²) in [6, 6.07) is 9.63. The first kappa shape index (κ1) is 24.2. The molecule has 0 saturated carbocycles. The van der Waals surface area contributed by atoms with E-state index in [-0.39, 0.29) is 47.8 Å². The molecular weight excluding hydrogens is 345 g/mol. The third-order valence-corrected chi connectivity index (χ3v) is 3.11. The number of nitrogens with zero attached hydrogens (tertiary/aromatic N) is 1. The van der Waals surface area contributed by atoms with E-state index in [2.05, 4.69) is 9.89 Å². The molecule has 1 aromatic carbocycles. The molecule has 0 aliphatic carbocycles. The molecule has 1 rings (SSSR count). The van der Waals surface area contributed by atoms with E-state index in [0.29, 0.717) is 0 Å². The number of esters is 2. The quantitative estimate of drug-likeness (QED) is 0.134. The van der Waals surface area contributed by atoms with Crippen LogP contribution in [0.3, 0.4) is 0 Å². The number of ketones is 1. The Balaban J connectivity index is 0.00000625. The van der Waals surface area contributed by atoms with E-state index in [1.165, 1.54) is 0 Å². The maximum absolute atomic E-state index is 12.0. The number of rotatable bonds is 8. The van der Waals surface area contributed by atoms with Crippen molar-refractivity contribution >= 4 is 59.1 Å². The van der Waals surface area contributed by atoms with Crippen molar-refractivity contribution in [3.63, 3.8) is 0 Å². The Morgan fingerprint density at radius 2 is 1.62 bits per heavy atom. The van der Waals surface area contributed by atoms with Gasteiger partial charge in [0, 0.05) is 11.8 Å². The second-order valence-corrected chi connectivity index (χ2v) is 5.94. The molecule has 1 aromatic rings. The van der Waals surface area contributed by atoms with Gasteiger partial charge in [0.15, 0.2) is 5.71 Å². The molecule has 0 fully saturated rings. The predicted molar refractivity (Wildman–Crippen MR) is 102 cm³/mol. The van der Waals surface area contributed by atoms with E-state index in [1.54, 1.807) is 33.8 Å². The zero-order valence-corrected chi connectivity index (χ0v) is 14.9. The van der Waals surface area contributed by atoms with Crippen molar-refractivity contribution in [2.24, 2.45) is 17.0 Å². The molecule has 0 unspecified atom stereocenters. The van der Waals surface area contributed by atoms with Gasteiger partial charge in [0.25, 0.3) is 0 Å². The molecule has 6 nitrogen and oxygen atoms in total. The zero-order valence-electron chi connectivity index (χ0n) is 14.9. The molecular formula is C19H24NNaO5. The van der Waals surface area contributed by atoms with Crippen molar-refractivity contribution in [3.8, 4) is 0 Å². The van der Waals surface area contributed by atoms with E-state index in [1.807, 2.05) is 36.4 Å². The van der Waals surface area contributed by atoms with Crippen LogP contribution in [0, 0.1) is 11.8 Å². The van der Waals surface area contributed by atoms with Crippen molar-refractivity contribution in [3.05, 3.63) is 42.0 Å². The summed E-state index contributed by atoms with van der Waals surface area (Å²) in [5.74, 6) is -3.78. The summed E-state index contributed by atoms with van der Waals surface area (Å²) < 4.78 is 4.57. The van der Waals surface area contributed by atoms with Crippen molar-refractivity contribution in [2.45, 2.75) is 27.7 Å². The fourth-order valence-electron chi connectivity index (χ4n) is 1.70. The first-order valence-electron chi connectivity index (χ1n) is 8.04. The van der Waals surface area contributed by atoms with Gasteiger partial charge in [-0.25, -0.2) is 9.59 Å². The molecule has 0 aromatic heterocycles. The van der Waals surface area contributed by atoms with Gasteiger partial charge >= 0.3 is 41.5 Å². The molecule has 26 heavy (non-hydrogen) atoms. The third kappa shape index (κ3) is 8.56. The molecule has 0 spiro atoms. The minimum absolute atomic E-state index is 0. The standard InChI is InChI=1S/C19H23NO5.Na.H/c1-13(2)16(18(22)25-19(23)17(21)14(3)4)20-24-12-8-11-15-9-6-5-7-10-15;;/h5-11,13-14H,12H2,1-4H3;;/b11-8+,20-16?;;. The summed E-state index contributed by atoms with van der Waals surface area (Å²) in [5, 5.41) is 3.74. The minimum atomic E-state index is -1.18. The number of oxime groups is 1. The number of carbonyl (C=O) groups is 3. The molecule has 0 aliphatic heterocycles. The van der Waals surface area contributed by atoms with Gasteiger partial charge in [-0.1, -0.05) is 69.3 Å². The Morgan fingerprint density at radius 1 is 1.00 bits per heavy atom. The van der Waals surface area contributed by atoms with Gasteiger partial charge in [0.1, 0.15) is 6.61 Å². The van der Waals surface area contributed by atoms with Crippen LogP contribution in [-0.2, 0) is 24.0 Å². The Kier molecular flexibility index (Phi) is 11.7. The summed E-state index contributed by atoms with van der Waals surface area (Å²) in [7, 11) is 0. The third-order valence-electron chi connectivity index (χ3n) is 3.11. The summed E-state index contributed by atoms with van der Waals surface area (Å²) in [4.78, 5) is 40.1. The Bertz CT molecular complexity index is 666. The van der Waals surface area contributed by atoms with Crippen LogP contribution in [0.15, 0.2) is 41.6 Å². The van der Waals surface area contributed by atoms with Crippen LogP contribution in [0.2, 0.25) is 0 Å². The number of carbonyl (C=O) groups excluding carboxylic acids is 3. The van der Waals surface area contributed by atoms with Crippen LogP contribution in [0.5, 0.6) is 0 Å². The van der Waals surface area contributed by atoms with E-state index in [4.69, 9.17) is 4.84 Å². The van der Waals surface area contributed by atoms with E-state index >= 15 is 0 Å². The average Bonchev–Trinajstić information content (AvgIpc) is 2.57. The predicted octanol–water partition coefficient (Wildman–Crippen LogP) is 2.37. The van der Waals surface area contributed by atoms with Crippen LogP contribution in [0.25, 0.3) is 6.08 Å². The number of hydrogen-bond donors (Lipinski definition) is 0. The van der Waals surface area contributed by atoms with Gasteiger partial charge in [-0.2, -0.15) is 0 Å². The fourth-order valence-corrected chi connectivity index (χ4v) is 1.70. The molecule has 0 aliphatic rings. The first-order chi connectivity index (χ1) is 11.8. The van der Waals surface area contributed by atoms with Crippen LogP contribution in [0.4, 0.5) is 0 Å². The van der Waals surface area contributed by atoms with Crippen molar-refractivity contribution in [1.82, 2.24) is 0 Å². The van der Waals surface area contributed by atoms with E-state index < -0.39 is 23.6 Å². The Hall–Kier alpha value is -1.76. The maximum atomic E-state index is 12.0. The van der Waals surface area contributed by atoms with Crippen LogP contribution in [0.1, 0.15) is 33.3 Å². The van der Waals surface area contributed by atoms with Crippen molar-refractivity contribution < 1.29 is 24.0 Å². The van der Waals surface area contributed by atoms with Crippen LogP contribution in [-0.4, -0.2) is 59.6 Å². The summed E-state index contributed by atoms with van der Waals surface area (Å²) in [6.07, 6.45) is 3.60. The molecule has 0 atom stereocenters. The van der Waals surface area contributed by atoms with Gasteiger partial charge in [-0.05, 0) is 11.6 Å². The van der Waals surface area contributed by atoms with Gasteiger partial charge in [-0.3, -0.25) is 4.79 Å². The molecule has 136 valence electrons. The second-order valence-electron chi connectivity index (χ2n) is 5.94. The number of Topliss-reactive ketones (excluding diaryl/α,β-unsaturated/α-hetero) is 1. The van der Waals surface area contributed by atoms with Gasteiger partial charge < -0.3 is 9.57 Å². The zero-order chi connectivity index (χ0) is 18.8. The molecule has 0 N–H and O–H groups in total. The molecule has 7 heteroatoms. The number of ether oxygens (including phenoxy) is 1. The van der Waals surface area contributed by atoms with Gasteiger partial charge in [0.2, 0.25) is 5.78 Å². The molecule has 0 heterocycles. The second kappa shape index (κ2) is 12.6. The van der Waals surface area contributed by atoms with Crippen molar-refractivity contribution in [2.75, 3.05) is 6.61 Å². The molecule has 0 saturated heterocycles. The number of benzene rings is 1. The topological polar surface area (TPSA) is 82.0 Å². The molecule has 0 bridgehead atoms. The average molecular weight is 369 g/mol. The summed E-state index contributed by atoms with van der Waals surface area (Å²) in [6.45, 7) is 6.66. The number of hydrogen-bond acceptors (Lipinski definition) is 6. The monoisotopic (exact) mass is 369 g/mol. The summed E-state index contributed by atoms with van der Waals surface area (Å²) >= 11 is 0. The Morgan fingerprint density at radius 3 is 2.15 bits per heavy atom. The van der Waals surface area contributed by atoms with E-state index in [0.717, 1.165) is 5.56 Å². The fraction of sp³-hybridized carbons (Fsp3) is 0.368. The molecule has 0 amide bonds. The SMILES string of the molecule is CC(C)C(=O)C(=O)OC(=O)C(=NOC/C=C/c1ccccc1)C(C)C.[NaH]. The van der Waals surface area contributed by atoms with Crippen LogP contribution < -0.4 is 0 Å². The Labute approximate surface area is 175 Å². The first-order valence-corrected chi connectivity index (χ1v) is 8.04. The summed E-state index contributed by atoms with van der Waals surface area (Å²) in [5.41, 5.74) is 0.953. The van der Waals surface area contributed by atoms with Crippen molar-refractivity contribution in [1.29, 1.82) is 0 Å². The van der Waals surface area contributed by atoms with Gasteiger partial charge in [-0.15, -0.1) is 0 Å². The van der Waals surface area contributed by atoms with E-state index in [9.17, 15) is 14.4 Å². The van der Waals surface area contributed by atoms with Gasteiger partial charge in [0.05, 0.1) is 0 Å². The normalized spacial score (nSPS) is 11.4.